The van der Waals surface area contributed by atoms with Crippen molar-refractivity contribution in [3.05, 3.63) is 23.8 Å². The lowest BCUT2D eigenvalue weighted by Crippen LogP contribution is -2.52. The first-order valence-corrected chi connectivity index (χ1v) is 11.8. The lowest BCUT2D eigenvalue weighted by molar-refractivity contribution is -0.126. The normalized spacial score (nSPS) is 19.2. The van der Waals surface area contributed by atoms with Gasteiger partial charge in [-0.1, -0.05) is 26.8 Å². The summed E-state index contributed by atoms with van der Waals surface area (Å²) in [5, 5.41) is 3.08. The number of anilines is 1. The van der Waals surface area contributed by atoms with Gasteiger partial charge in [0, 0.05) is 32.1 Å². The largest absolute Gasteiger partial charge is 0.486 e. The van der Waals surface area contributed by atoms with Crippen LogP contribution in [-0.4, -0.2) is 73.7 Å². The van der Waals surface area contributed by atoms with Crippen molar-refractivity contribution in [2.24, 2.45) is 5.92 Å². The first-order valence-electron chi connectivity index (χ1n) is 11.8. The lowest BCUT2D eigenvalue weighted by Gasteiger charge is -2.39. The molecule has 0 radical (unpaired) electrons. The van der Waals surface area contributed by atoms with Gasteiger partial charge in [-0.15, -0.1) is 0 Å². The van der Waals surface area contributed by atoms with Crippen LogP contribution in [0, 0.1) is 12.8 Å². The van der Waals surface area contributed by atoms with Crippen LogP contribution in [0.15, 0.2) is 18.2 Å². The Bertz CT molecular complexity index is 757. The van der Waals surface area contributed by atoms with Gasteiger partial charge >= 0.3 is 6.03 Å². The minimum absolute atomic E-state index is 0.00767. The van der Waals surface area contributed by atoms with Crippen molar-refractivity contribution in [1.82, 2.24) is 15.1 Å². The van der Waals surface area contributed by atoms with E-state index < -0.39 is 0 Å². The molecule has 1 saturated heterocycles. The number of ether oxygens (including phenoxy) is 1. The third kappa shape index (κ3) is 5.70. The van der Waals surface area contributed by atoms with Crippen molar-refractivity contribution in [3.63, 3.8) is 0 Å². The Morgan fingerprint density at radius 3 is 2.52 bits per heavy atom. The first kappa shape index (κ1) is 23.4. The fraction of sp³-hybridized carbons (Fsp3) is 0.667. The molecule has 1 fully saturated rings. The molecule has 3 amide bonds. The zero-order valence-corrected chi connectivity index (χ0v) is 19.5. The Kier molecular flexibility index (Phi) is 8.18. The molecule has 0 unspecified atom stereocenters. The van der Waals surface area contributed by atoms with E-state index in [9.17, 15) is 9.59 Å². The summed E-state index contributed by atoms with van der Waals surface area (Å²) in [6.07, 6.45) is 2.29. The van der Waals surface area contributed by atoms with Crippen LogP contribution in [0.25, 0.3) is 0 Å². The molecule has 0 aliphatic carbocycles. The summed E-state index contributed by atoms with van der Waals surface area (Å²) in [6, 6.07) is 6.02. The number of likely N-dealkylation sites (tertiary alicyclic amines) is 1. The number of hydrogen-bond donors (Lipinski definition) is 1. The summed E-state index contributed by atoms with van der Waals surface area (Å²) >= 11 is 0. The predicted octanol–water partition coefficient (Wildman–Crippen LogP) is 3.26. The van der Waals surface area contributed by atoms with Crippen molar-refractivity contribution in [1.29, 1.82) is 0 Å². The first-order chi connectivity index (χ1) is 15.0. The number of piperidine rings is 1. The van der Waals surface area contributed by atoms with E-state index in [0.717, 1.165) is 43.1 Å². The number of carbonyl (C=O) groups is 2. The van der Waals surface area contributed by atoms with Crippen molar-refractivity contribution < 1.29 is 14.3 Å². The molecule has 0 saturated carbocycles. The van der Waals surface area contributed by atoms with Gasteiger partial charge in [-0.05, 0) is 57.0 Å². The van der Waals surface area contributed by atoms with E-state index >= 15 is 0 Å². The van der Waals surface area contributed by atoms with Crippen LogP contribution in [0.2, 0.25) is 0 Å². The van der Waals surface area contributed by atoms with E-state index in [2.05, 4.69) is 31.0 Å². The number of fused-ring (bicyclic) bond motifs is 1. The van der Waals surface area contributed by atoms with Gasteiger partial charge in [-0.25, -0.2) is 4.79 Å². The number of nitrogens with one attached hydrogen (secondary N) is 1. The maximum atomic E-state index is 13.4. The maximum Gasteiger partial charge on any atom is 0.324 e. The molecular formula is C24H38N4O3. The number of benzene rings is 1. The quantitative estimate of drug-likeness (QED) is 0.721. The Balaban J connectivity index is 1.55. The molecule has 1 aromatic rings. The number of nitrogens with zero attached hydrogens (tertiary/aromatic N) is 3. The fourth-order valence-electron chi connectivity index (χ4n) is 4.38. The highest BCUT2D eigenvalue weighted by Gasteiger charge is 2.34. The number of likely N-dealkylation sites (N-methyl/N-ethyl adjacent to an activating group) is 1. The van der Waals surface area contributed by atoms with Crippen molar-refractivity contribution in [2.45, 2.75) is 53.1 Å². The molecular weight excluding hydrogens is 392 g/mol. The molecule has 1 N–H and O–H groups in total. The van der Waals surface area contributed by atoms with Crippen LogP contribution in [0.1, 0.15) is 45.6 Å². The van der Waals surface area contributed by atoms with E-state index in [4.69, 9.17) is 4.74 Å². The molecule has 2 aliphatic heterocycles. The van der Waals surface area contributed by atoms with Crippen LogP contribution in [0.5, 0.6) is 5.75 Å². The topological polar surface area (TPSA) is 65.1 Å². The molecule has 0 aromatic heterocycles. The van der Waals surface area contributed by atoms with Crippen LogP contribution in [0.3, 0.4) is 0 Å². The molecule has 1 aromatic carbocycles. The molecule has 0 spiro atoms. The van der Waals surface area contributed by atoms with Gasteiger partial charge in [0.15, 0.2) is 0 Å². The summed E-state index contributed by atoms with van der Waals surface area (Å²) in [6.45, 7) is 13.7. The highest BCUT2D eigenvalue weighted by molar-refractivity contribution is 5.94. The molecule has 3 rings (SSSR count). The van der Waals surface area contributed by atoms with Gasteiger partial charge in [0.2, 0.25) is 5.91 Å². The molecule has 1 atom stereocenters. The number of urea groups is 1. The summed E-state index contributed by atoms with van der Waals surface area (Å²) in [5.74, 6) is 0.889. The lowest BCUT2D eigenvalue weighted by atomic mass is 9.96. The molecule has 7 nitrogen and oxygen atoms in total. The van der Waals surface area contributed by atoms with Gasteiger partial charge in [0.05, 0.1) is 12.2 Å². The summed E-state index contributed by atoms with van der Waals surface area (Å²) in [7, 11) is 0. The second kappa shape index (κ2) is 10.8. The molecule has 0 bridgehead atoms. The standard InChI is InChI=1S/C24H38N4O3/c1-5-20-17-28(21-16-18(4)8-9-22(21)31-20)24(30)27-13-10-19(11-14-27)23(29)25-12-15-26(6-2)7-3/h8-9,16,19-20H,5-7,10-15,17H2,1-4H3,(H,25,29)/t20-/m1/s1. The third-order valence-corrected chi connectivity index (χ3v) is 6.53. The second-order valence-corrected chi connectivity index (χ2v) is 8.59. The van der Waals surface area contributed by atoms with Gasteiger partial charge in [0.1, 0.15) is 11.9 Å². The highest BCUT2D eigenvalue weighted by Crippen LogP contribution is 2.36. The van der Waals surface area contributed by atoms with E-state index in [1.165, 1.54) is 0 Å². The number of carbonyl (C=O) groups excluding carboxylic acids is 2. The van der Waals surface area contributed by atoms with Gasteiger partial charge in [0.25, 0.3) is 0 Å². The van der Waals surface area contributed by atoms with Crippen molar-refractivity contribution in [3.8, 4) is 5.75 Å². The van der Waals surface area contributed by atoms with Gasteiger partial charge in [-0.3, -0.25) is 9.69 Å². The minimum atomic E-state index is -0.0108. The molecule has 2 aliphatic rings. The maximum absolute atomic E-state index is 13.4. The summed E-state index contributed by atoms with van der Waals surface area (Å²) in [4.78, 5) is 32.0. The molecule has 2 heterocycles. The second-order valence-electron chi connectivity index (χ2n) is 8.59. The zero-order chi connectivity index (χ0) is 22.4. The smallest absolute Gasteiger partial charge is 0.324 e. The van der Waals surface area contributed by atoms with Crippen LogP contribution >= 0.6 is 0 Å². The average molecular weight is 431 g/mol. The fourth-order valence-corrected chi connectivity index (χ4v) is 4.38. The number of amides is 3. The van der Waals surface area contributed by atoms with Crippen molar-refractivity contribution in [2.75, 3.05) is 50.7 Å². The van der Waals surface area contributed by atoms with Crippen molar-refractivity contribution >= 4 is 17.6 Å². The number of hydrogen-bond acceptors (Lipinski definition) is 4. The summed E-state index contributed by atoms with van der Waals surface area (Å²) < 4.78 is 6.05. The van der Waals surface area contributed by atoms with E-state index in [1.54, 1.807) is 0 Å². The van der Waals surface area contributed by atoms with Crippen LogP contribution in [0.4, 0.5) is 10.5 Å². The van der Waals surface area contributed by atoms with Crippen LogP contribution in [-0.2, 0) is 4.79 Å². The predicted molar refractivity (Wildman–Crippen MR) is 124 cm³/mol. The van der Waals surface area contributed by atoms with Gasteiger partial charge < -0.3 is 19.9 Å². The third-order valence-electron chi connectivity index (χ3n) is 6.53. The Morgan fingerprint density at radius 2 is 1.87 bits per heavy atom. The average Bonchev–Trinajstić information content (AvgIpc) is 2.80. The SMILES string of the molecule is CC[C@@H]1CN(C(=O)N2CCC(C(=O)NCCN(CC)CC)CC2)c2cc(C)ccc2O1. The number of rotatable bonds is 7. The Hall–Kier alpha value is -2.28. The highest BCUT2D eigenvalue weighted by atomic mass is 16.5. The van der Waals surface area contributed by atoms with E-state index in [-0.39, 0.29) is 24.0 Å². The minimum Gasteiger partial charge on any atom is -0.486 e. The molecule has 7 heteroatoms. The molecule has 31 heavy (non-hydrogen) atoms. The number of aryl methyl sites for hydroxylation is 1. The van der Waals surface area contributed by atoms with Crippen LogP contribution < -0.4 is 15.0 Å². The van der Waals surface area contributed by atoms with E-state index in [1.807, 2.05) is 34.9 Å². The van der Waals surface area contributed by atoms with Gasteiger partial charge in [-0.2, -0.15) is 0 Å². The van der Waals surface area contributed by atoms with E-state index in [0.29, 0.717) is 39.0 Å². The molecule has 172 valence electrons. The Labute approximate surface area is 186 Å². The monoisotopic (exact) mass is 430 g/mol. The zero-order valence-electron chi connectivity index (χ0n) is 19.5. The summed E-state index contributed by atoms with van der Waals surface area (Å²) in [5.41, 5.74) is 1.96. The Morgan fingerprint density at radius 1 is 1.16 bits per heavy atom.